The zero-order valence-electron chi connectivity index (χ0n) is 14.7. The molecular formula is C18H28IN5O. The van der Waals surface area contributed by atoms with E-state index in [-0.39, 0.29) is 36.4 Å². The molecule has 6 nitrogen and oxygen atoms in total. The molecule has 138 valence electrons. The Morgan fingerprint density at radius 1 is 1.16 bits per heavy atom. The Balaban J connectivity index is 0.00000225. The van der Waals surface area contributed by atoms with E-state index >= 15 is 0 Å². The molecule has 1 aliphatic heterocycles. The van der Waals surface area contributed by atoms with Gasteiger partial charge < -0.3 is 20.9 Å². The first kappa shape index (κ1) is 19.8. The Labute approximate surface area is 166 Å². The Bertz CT molecular complexity index is 576. The lowest BCUT2D eigenvalue weighted by atomic mass is 10.3. The summed E-state index contributed by atoms with van der Waals surface area (Å²) in [6.07, 6.45) is 3.27. The lowest BCUT2D eigenvalue weighted by molar-refractivity contribution is -0.119. The number of anilines is 1. The molecule has 1 unspecified atom stereocenters. The van der Waals surface area contributed by atoms with Crippen LogP contribution >= 0.6 is 24.0 Å². The van der Waals surface area contributed by atoms with Crippen LogP contribution in [0.25, 0.3) is 0 Å². The molecule has 1 aliphatic carbocycles. The maximum Gasteiger partial charge on any atom is 0.242 e. The third kappa shape index (κ3) is 6.37. The molecule has 1 saturated heterocycles. The molecule has 1 saturated carbocycles. The molecule has 7 heteroatoms. The van der Waals surface area contributed by atoms with E-state index in [2.05, 4.69) is 50.1 Å². The van der Waals surface area contributed by atoms with Gasteiger partial charge in [0, 0.05) is 37.4 Å². The van der Waals surface area contributed by atoms with Crippen LogP contribution in [0.3, 0.4) is 0 Å². The second kappa shape index (κ2) is 9.84. The van der Waals surface area contributed by atoms with Crippen LogP contribution in [0.4, 0.5) is 5.69 Å². The van der Waals surface area contributed by atoms with Gasteiger partial charge in [0.1, 0.15) is 6.54 Å². The van der Waals surface area contributed by atoms with Gasteiger partial charge in [-0.2, -0.15) is 0 Å². The number of aliphatic imine (C=N–C) groups is 1. The minimum Gasteiger partial charge on any atom is -0.369 e. The van der Waals surface area contributed by atoms with Crippen LogP contribution in [-0.4, -0.2) is 50.1 Å². The Morgan fingerprint density at radius 3 is 2.60 bits per heavy atom. The number of halogens is 1. The van der Waals surface area contributed by atoms with Crippen LogP contribution in [0.1, 0.15) is 26.2 Å². The van der Waals surface area contributed by atoms with Crippen molar-refractivity contribution in [2.75, 3.05) is 31.1 Å². The monoisotopic (exact) mass is 457 g/mol. The standard InChI is InChI=1S/C18H27N5O.HI/c1-2-19-18(20-12-17(24)21-14-8-9-14)22-15-10-11-23(13-15)16-6-4-3-5-7-16;/h3-7,14-15H,2,8-13H2,1H3,(H,21,24)(H2,19,20,22);1H. The predicted molar refractivity (Wildman–Crippen MR) is 113 cm³/mol. The lowest BCUT2D eigenvalue weighted by Crippen LogP contribution is -2.45. The maximum atomic E-state index is 11.8. The molecule has 1 heterocycles. The average molecular weight is 457 g/mol. The predicted octanol–water partition coefficient (Wildman–Crippen LogP) is 1.72. The molecule has 0 aromatic heterocycles. The van der Waals surface area contributed by atoms with E-state index in [4.69, 9.17) is 0 Å². The number of guanidine groups is 1. The molecular weight excluding hydrogens is 429 g/mol. The van der Waals surface area contributed by atoms with Crippen LogP contribution < -0.4 is 20.9 Å². The minimum absolute atomic E-state index is 0. The van der Waals surface area contributed by atoms with Gasteiger partial charge in [-0.15, -0.1) is 24.0 Å². The van der Waals surface area contributed by atoms with Gasteiger partial charge in [0.25, 0.3) is 0 Å². The highest BCUT2D eigenvalue weighted by atomic mass is 127. The fourth-order valence-electron chi connectivity index (χ4n) is 2.92. The number of carbonyl (C=O) groups excluding carboxylic acids is 1. The normalized spacial score (nSPS) is 20.0. The second-order valence-electron chi connectivity index (χ2n) is 6.45. The molecule has 3 rings (SSSR count). The summed E-state index contributed by atoms with van der Waals surface area (Å²) in [7, 11) is 0. The number of rotatable bonds is 6. The summed E-state index contributed by atoms with van der Waals surface area (Å²) in [5.41, 5.74) is 1.26. The van der Waals surface area contributed by atoms with Crippen LogP contribution in [0.15, 0.2) is 35.3 Å². The summed E-state index contributed by atoms with van der Waals surface area (Å²) < 4.78 is 0. The highest BCUT2D eigenvalue weighted by Gasteiger charge is 2.24. The van der Waals surface area contributed by atoms with Gasteiger partial charge in [0.15, 0.2) is 5.96 Å². The van der Waals surface area contributed by atoms with Gasteiger partial charge in [-0.05, 0) is 38.3 Å². The Hall–Kier alpha value is -1.51. The third-order valence-electron chi connectivity index (χ3n) is 4.32. The van der Waals surface area contributed by atoms with Crippen molar-refractivity contribution in [1.29, 1.82) is 0 Å². The maximum absolute atomic E-state index is 11.8. The molecule has 0 bridgehead atoms. The Morgan fingerprint density at radius 2 is 1.92 bits per heavy atom. The number of benzene rings is 1. The molecule has 1 amide bonds. The second-order valence-corrected chi connectivity index (χ2v) is 6.45. The first-order chi connectivity index (χ1) is 11.7. The SMILES string of the molecule is CCNC(=NCC(=O)NC1CC1)NC1CCN(c2ccccc2)C1.I. The fourth-order valence-corrected chi connectivity index (χ4v) is 2.92. The van der Waals surface area contributed by atoms with E-state index in [0.29, 0.717) is 12.1 Å². The van der Waals surface area contributed by atoms with Crippen molar-refractivity contribution in [1.82, 2.24) is 16.0 Å². The van der Waals surface area contributed by atoms with Crippen LogP contribution in [0.5, 0.6) is 0 Å². The molecule has 1 aromatic carbocycles. The number of para-hydroxylation sites is 1. The molecule has 25 heavy (non-hydrogen) atoms. The van der Waals surface area contributed by atoms with Gasteiger partial charge in [0.05, 0.1) is 0 Å². The van der Waals surface area contributed by atoms with E-state index < -0.39 is 0 Å². The van der Waals surface area contributed by atoms with Crippen molar-refractivity contribution in [2.45, 2.75) is 38.3 Å². The Kier molecular flexibility index (Phi) is 7.80. The van der Waals surface area contributed by atoms with Crippen molar-refractivity contribution in [3.63, 3.8) is 0 Å². The molecule has 3 N–H and O–H groups in total. The number of hydrogen-bond donors (Lipinski definition) is 3. The summed E-state index contributed by atoms with van der Waals surface area (Å²) in [6, 6.07) is 11.2. The molecule has 2 fully saturated rings. The summed E-state index contributed by atoms with van der Waals surface area (Å²) in [5, 5.41) is 9.65. The van der Waals surface area contributed by atoms with E-state index in [1.54, 1.807) is 0 Å². The summed E-state index contributed by atoms with van der Waals surface area (Å²) in [5.74, 6) is 0.732. The van der Waals surface area contributed by atoms with E-state index in [0.717, 1.165) is 44.9 Å². The fraction of sp³-hybridized carbons (Fsp3) is 0.556. The number of carbonyl (C=O) groups is 1. The summed E-state index contributed by atoms with van der Waals surface area (Å²) in [6.45, 7) is 4.98. The van der Waals surface area contributed by atoms with Crippen molar-refractivity contribution in [2.24, 2.45) is 4.99 Å². The highest BCUT2D eigenvalue weighted by Crippen LogP contribution is 2.19. The van der Waals surface area contributed by atoms with Gasteiger partial charge in [-0.1, -0.05) is 18.2 Å². The zero-order valence-corrected chi connectivity index (χ0v) is 17.0. The number of nitrogens with one attached hydrogen (secondary N) is 3. The van der Waals surface area contributed by atoms with Crippen molar-refractivity contribution in [3.05, 3.63) is 30.3 Å². The highest BCUT2D eigenvalue weighted by molar-refractivity contribution is 14.0. The molecule has 1 atom stereocenters. The minimum atomic E-state index is 0. The molecule has 1 aromatic rings. The van der Waals surface area contributed by atoms with Gasteiger partial charge in [0.2, 0.25) is 5.91 Å². The van der Waals surface area contributed by atoms with Crippen molar-refractivity contribution in [3.8, 4) is 0 Å². The van der Waals surface area contributed by atoms with Gasteiger partial charge >= 0.3 is 0 Å². The number of amides is 1. The molecule has 0 radical (unpaired) electrons. The smallest absolute Gasteiger partial charge is 0.242 e. The largest absolute Gasteiger partial charge is 0.369 e. The molecule has 0 spiro atoms. The third-order valence-corrected chi connectivity index (χ3v) is 4.32. The zero-order chi connectivity index (χ0) is 16.8. The average Bonchev–Trinajstić information content (AvgIpc) is 3.28. The molecule has 2 aliphatic rings. The first-order valence-corrected chi connectivity index (χ1v) is 8.89. The topological polar surface area (TPSA) is 68.8 Å². The first-order valence-electron chi connectivity index (χ1n) is 8.89. The lowest BCUT2D eigenvalue weighted by Gasteiger charge is -2.20. The van der Waals surface area contributed by atoms with Gasteiger partial charge in [-0.3, -0.25) is 4.79 Å². The summed E-state index contributed by atoms with van der Waals surface area (Å²) in [4.78, 5) is 18.6. The van der Waals surface area contributed by atoms with E-state index in [9.17, 15) is 4.79 Å². The van der Waals surface area contributed by atoms with E-state index in [1.807, 2.05) is 13.0 Å². The van der Waals surface area contributed by atoms with Crippen molar-refractivity contribution < 1.29 is 4.79 Å². The van der Waals surface area contributed by atoms with Crippen LogP contribution in [0, 0.1) is 0 Å². The number of nitrogens with zero attached hydrogens (tertiary/aromatic N) is 2. The summed E-state index contributed by atoms with van der Waals surface area (Å²) >= 11 is 0. The number of hydrogen-bond acceptors (Lipinski definition) is 3. The van der Waals surface area contributed by atoms with Crippen LogP contribution in [0.2, 0.25) is 0 Å². The van der Waals surface area contributed by atoms with Crippen LogP contribution in [-0.2, 0) is 4.79 Å². The van der Waals surface area contributed by atoms with E-state index in [1.165, 1.54) is 5.69 Å². The quantitative estimate of drug-likeness (QED) is 0.346. The van der Waals surface area contributed by atoms with Gasteiger partial charge in [-0.25, -0.2) is 4.99 Å². The van der Waals surface area contributed by atoms with Crippen molar-refractivity contribution >= 4 is 41.5 Å².